The molecule has 3 aromatic rings. The maximum absolute atomic E-state index is 15.6. The van der Waals surface area contributed by atoms with E-state index >= 15 is 8.78 Å². The SMILES string of the molecule is CC1Cc2c([nH]c3ccccc23)[C@@H](c2c(F)cc(OCCN3CC(CF)C3)cc2F)N1C(=O)C(C)(C)F. The summed E-state index contributed by atoms with van der Waals surface area (Å²) < 4.78 is 64.4. The molecule has 5 nitrogen and oxygen atoms in total. The van der Waals surface area contributed by atoms with Gasteiger partial charge in [0.25, 0.3) is 5.91 Å². The molecule has 1 unspecified atom stereocenters. The molecular formula is C28H31F4N3O2. The van der Waals surface area contributed by atoms with Crippen molar-refractivity contribution in [3.63, 3.8) is 0 Å². The largest absolute Gasteiger partial charge is 0.492 e. The van der Waals surface area contributed by atoms with Crippen molar-refractivity contribution in [2.24, 2.45) is 5.92 Å². The van der Waals surface area contributed by atoms with Crippen LogP contribution in [0.4, 0.5) is 17.6 Å². The third kappa shape index (κ3) is 4.69. The van der Waals surface area contributed by atoms with E-state index in [0.29, 0.717) is 31.7 Å². The van der Waals surface area contributed by atoms with Crippen LogP contribution in [0.2, 0.25) is 0 Å². The van der Waals surface area contributed by atoms with E-state index in [1.165, 1.54) is 4.90 Å². The Balaban J connectivity index is 1.50. The van der Waals surface area contributed by atoms with Crippen LogP contribution in [-0.4, -0.2) is 65.3 Å². The van der Waals surface area contributed by atoms with E-state index in [4.69, 9.17) is 4.74 Å². The van der Waals surface area contributed by atoms with Crippen molar-refractivity contribution in [2.75, 3.05) is 32.9 Å². The third-order valence-electron chi connectivity index (χ3n) is 7.37. The number of alkyl halides is 2. The fourth-order valence-electron chi connectivity index (χ4n) is 5.52. The molecule has 5 rings (SSSR count). The minimum atomic E-state index is -2.23. The molecule has 0 bridgehead atoms. The van der Waals surface area contributed by atoms with Gasteiger partial charge in [-0.2, -0.15) is 0 Å². The van der Waals surface area contributed by atoms with Gasteiger partial charge in [-0.3, -0.25) is 14.1 Å². The molecular weight excluding hydrogens is 486 g/mol. The third-order valence-corrected chi connectivity index (χ3v) is 7.37. The number of para-hydroxylation sites is 1. The van der Waals surface area contributed by atoms with Gasteiger partial charge in [0, 0.05) is 60.3 Å². The molecule has 0 radical (unpaired) electrons. The Morgan fingerprint density at radius 1 is 1.16 bits per heavy atom. The monoisotopic (exact) mass is 517 g/mol. The average molecular weight is 518 g/mol. The highest BCUT2D eigenvalue weighted by molar-refractivity contribution is 5.89. The molecule has 0 aliphatic carbocycles. The Morgan fingerprint density at radius 3 is 2.49 bits per heavy atom. The molecule has 3 heterocycles. The van der Waals surface area contributed by atoms with Gasteiger partial charge in [0.1, 0.15) is 30.0 Å². The number of hydrogen-bond acceptors (Lipinski definition) is 3. The number of benzene rings is 2. The van der Waals surface area contributed by atoms with Gasteiger partial charge >= 0.3 is 0 Å². The average Bonchev–Trinajstić information content (AvgIpc) is 3.17. The zero-order valence-corrected chi connectivity index (χ0v) is 21.2. The number of nitrogens with one attached hydrogen (secondary N) is 1. The molecule has 1 saturated heterocycles. The number of H-pyrrole nitrogens is 1. The quantitative estimate of drug-likeness (QED) is 0.431. The van der Waals surface area contributed by atoms with Crippen LogP contribution in [0.1, 0.15) is 43.6 Å². The fourth-order valence-corrected chi connectivity index (χ4v) is 5.52. The lowest BCUT2D eigenvalue weighted by Gasteiger charge is -2.43. The Hall–Kier alpha value is -3.07. The van der Waals surface area contributed by atoms with Crippen LogP contribution < -0.4 is 4.74 Å². The Morgan fingerprint density at radius 2 is 1.84 bits per heavy atom. The number of nitrogens with zero attached hydrogens (tertiary/aromatic N) is 2. The van der Waals surface area contributed by atoms with Crippen molar-refractivity contribution < 1.29 is 27.1 Å². The second-order valence-electron chi connectivity index (χ2n) is 10.6. The van der Waals surface area contributed by atoms with Crippen LogP contribution in [0.15, 0.2) is 36.4 Å². The number of carbonyl (C=O) groups is 1. The van der Waals surface area contributed by atoms with Crippen LogP contribution in [0.5, 0.6) is 5.75 Å². The summed E-state index contributed by atoms with van der Waals surface area (Å²) in [4.78, 5) is 19.8. The van der Waals surface area contributed by atoms with Gasteiger partial charge in [0.2, 0.25) is 0 Å². The number of carbonyl (C=O) groups excluding carboxylic acids is 1. The number of hydrogen-bond donors (Lipinski definition) is 1. The van der Waals surface area contributed by atoms with Gasteiger partial charge in [-0.15, -0.1) is 0 Å². The van der Waals surface area contributed by atoms with E-state index < -0.39 is 35.3 Å². The molecule has 1 N–H and O–H groups in total. The molecule has 1 aromatic heterocycles. The van der Waals surface area contributed by atoms with Gasteiger partial charge in [0.05, 0.1) is 12.2 Å². The summed E-state index contributed by atoms with van der Waals surface area (Å²) in [5, 5.41) is 0.905. The summed E-state index contributed by atoms with van der Waals surface area (Å²) in [6.07, 6.45) is 0.419. The van der Waals surface area contributed by atoms with Crippen molar-refractivity contribution in [2.45, 2.75) is 44.9 Å². The first-order valence-electron chi connectivity index (χ1n) is 12.6. The van der Waals surface area contributed by atoms with Crippen molar-refractivity contribution in [3.8, 4) is 5.75 Å². The molecule has 198 valence electrons. The maximum atomic E-state index is 15.6. The highest BCUT2D eigenvalue weighted by atomic mass is 19.1. The molecule has 2 atom stereocenters. The van der Waals surface area contributed by atoms with E-state index in [1.54, 1.807) is 6.92 Å². The number of halogens is 4. The minimum absolute atomic E-state index is 0.0192. The summed E-state index contributed by atoms with van der Waals surface area (Å²) in [5.41, 5.74) is -0.458. The summed E-state index contributed by atoms with van der Waals surface area (Å²) in [7, 11) is 0. The summed E-state index contributed by atoms with van der Waals surface area (Å²) in [5.74, 6) is -2.54. The van der Waals surface area contributed by atoms with Crippen molar-refractivity contribution in [3.05, 3.63) is 64.9 Å². The lowest BCUT2D eigenvalue weighted by atomic mass is 9.87. The molecule has 2 aliphatic heterocycles. The summed E-state index contributed by atoms with van der Waals surface area (Å²) in [6, 6.07) is 8.03. The number of fused-ring (bicyclic) bond motifs is 3. The Kier molecular flexibility index (Phi) is 6.68. The summed E-state index contributed by atoms with van der Waals surface area (Å²) >= 11 is 0. The number of aromatic nitrogens is 1. The number of ether oxygens (including phenoxy) is 1. The summed E-state index contributed by atoms with van der Waals surface area (Å²) in [6.45, 7) is 5.71. The second kappa shape index (κ2) is 9.67. The second-order valence-corrected chi connectivity index (χ2v) is 10.6. The number of rotatable bonds is 7. The van der Waals surface area contributed by atoms with Gasteiger partial charge in [-0.05, 0) is 38.8 Å². The van der Waals surface area contributed by atoms with Crippen LogP contribution in [0.25, 0.3) is 10.9 Å². The molecule has 2 aromatic carbocycles. The van der Waals surface area contributed by atoms with Crippen molar-refractivity contribution in [1.29, 1.82) is 0 Å². The van der Waals surface area contributed by atoms with Gasteiger partial charge in [-0.25, -0.2) is 13.2 Å². The molecule has 1 amide bonds. The topological polar surface area (TPSA) is 48.6 Å². The standard InChI is InChI=1S/C28H31F4N3O2/c1-16-10-20-19-6-4-5-7-23(19)33-25(20)26(35(16)27(36)28(2,3)32)24-21(30)11-18(12-22(24)31)37-9-8-34-14-17(13-29)15-34/h4-7,11-12,16-17,26,33H,8-10,13-15H2,1-3H3/t16?,26-/m1/s1. The van der Waals surface area contributed by atoms with Gasteiger partial charge < -0.3 is 14.6 Å². The van der Waals surface area contributed by atoms with E-state index in [2.05, 4.69) is 4.98 Å². The first-order chi connectivity index (χ1) is 17.6. The van der Waals surface area contributed by atoms with Gasteiger partial charge in [0.15, 0.2) is 5.67 Å². The van der Waals surface area contributed by atoms with Crippen LogP contribution >= 0.6 is 0 Å². The molecule has 2 aliphatic rings. The van der Waals surface area contributed by atoms with Crippen LogP contribution in [-0.2, 0) is 11.2 Å². The van der Waals surface area contributed by atoms with E-state index in [-0.39, 0.29) is 30.5 Å². The van der Waals surface area contributed by atoms with E-state index in [1.807, 2.05) is 29.2 Å². The Bertz CT molecular complexity index is 1290. The maximum Gasteiger partial charge on any atom is 0.260 e. The highest BCUT2D eigenvalue weighted by Crippen LogP contribution is 2.44. The number of likely N-dealkylation sites (tertiary alicyclic amines) is 1. The minimum Gasteiger partial charge on any atom is -0.492 e. The lowest BCUT2D eigenvalue weighted by molar-refractivity contribution is -0.146. The predicted octanol–water partition coefficient (Wildman–Crippen LogP) is 5.34. The zero-order chi connectivity index (χ0) is 26.5. The lowest BCUT2D eigenvalue weighted by Crippen LogP contribution is -2.52. The van der Waals surface area contributed by atoms with Crippen LogP contribution in [0.3, 0.4) is 0 Å². The molecule has 0 saturated carbocycles. The van der Waals surface area contributed by atoms with Crippen molar-refractivity contribution in [1.82, 2.24) is 14.8 Å². The number of aromatic amines is 1. The first kappa shape index (κ1) is 25.6. The zero-order valence-electron chi connectivity index (χ0n) is 21.2. The first-order valence-corrected chi connectivity index (χ1v) is 12.6. The Labute approximate surface area is 213 Å². The highest BCUT2D eigenvalue weighted by Gasteiger charge is 2.45. The van der Waals surface area contributed by atoms with Crippen LogP contribution in [0, 0.1) is 17.6 Å². The normalized spacial score (nSPS) is 20.7. The van der Waals surface area contributed by atoms with E-state index in [0.717, 1.165) is 42.4 Å². The number of amides is 1. The van der Waals surface area contributed by atoms with Gasteiger partial charge in [-0.1, -0.05) is 18.2 Å². The molecule has 0 spiro atoms. The molecule has 1 fully saturated rings. The fraction of sp³-hybridized carbons (Fsp3) is 0.464. The smallest absolute Gasteiger partial charge is 0.260 e. The molecule has 37 heavy (non-hydrogen) atoms. The molecule has 9 heteroatoms. The van der Waals surface area contributed by atoms with E-state index in [9.17, 15) is 13.6 Å². The van der Waals surface area contributed by atoms with Crippen molar-refractivity contribution >= 4 is 16.8 Å². The predicted molar refractivity (Wildman–Crippen MR) is 133 cm³/mol.